The fraction of sp³-hybridized carbons (Fsp3) is 0.579. The molecule has 1 saturated heterocycles. The van der Waals surface area contributed by atoms with Crippen molar-refractivity contribution < 1.29 is 23.9 Å². The Morgan fingerprint density at radius 1 is 1.15 bits per heavy atom. The third-order valence-corrected chi connectivity index (χ3v) is 5.06. The Kier molecular flexibility index (Phi) is 6.62. The van der Waals surface area contributed by atoms with Crippen LogP contribution in [0.2, 0.25) is 0 Å². The summed E-state index contributed by atoms with van der Waals surface area (Å²) in [6, 6.07) is 3.11. The van der Waals surface area contributed by atoms with E-state index < -0.39 is 12.1 Å². The molecule has 1 aromatic heterocycles. The van der Waals surface area contributed by atoms with Gasteiger partial charge in [0.05, 0.1) is 12.2 Å². The van der Waals surface area contributed by atoms with Gasteiger partial charge in [-0.2, -0.15) is 0 Å². The first-order valence-electron chi connectivity index (χ1n) is 9.46. The zero-order valence-corrected chi connectivity index (χ0v) is 15.3. The average molecular weight is 375 g/mol. The molecule has 1 aromatic rings. The van der Waals surface area contributed by atoms with Crippen LogP contribution in [0.5, 0.6) is 0 Å². The van der Waals surface area contributed by atoms with Crippen molar-refractivity contribution in [3.8, 4) is 0 Å². The highest BCUT2D eigenvalue weighted by molar-refractivity contribution is 5.96. The Labute approximate surface area is 158 Å². The van der Waals surface area contributed by atoms with E-state index in [4.69, 9.17) is 9.47 Å². The zero-order chi connectivity index (χ0) is 19.1. The Bertz CT molecular complexity index is 653. The molecular formula is C19H25N3O5. The van der Waals surface area contributed by atoms with Crippen LogP contribution in [0.1, 0.15) is 48.9 Å². The van der Waals surface area contributed by atoms with Crippen LogP contribution in [-0.2, 0) is 9.47 Å². The number of alkyl carbamates (subject to hydrolysis) is 1. The van der Waals surface area contributed by atoms with Crippen molar-refractivity contribution in [3.63, 3.8) is 0 Å². The molecule has 27 heavy (non-hydrogen) atoms. The number of hydrogen-bond donors (Lipinski definition) is 1. The number of nitrogens with zero attached hydrogens (tertiary/aromatic N) is 2. The van der Waals surface area contributed by atoms with Crippen molar-refractivity contribution in [3.05, 3.63) is 30.1 Å². The molecule has 8 heteroatoms. The first kappa shape index (κ1) is 19.1. The molecule has 2 aliphatic rings. The molecule has 1 saturated carbocycles. The minimum absolute atomic E-state index is 0.0373. The first-order chi connectivity index (χ1) is 13.1. The third-order valence-electron chi connectivity index (χ3n) is 5.06. The molecule has 0 aromatic carbocycles. The number of pyridine rings is 1. The van der Waals surface area contributed by atoms with Crippen molar-refractivity contribution in [2.75, 3.05) is 19.7 Å². The lowest BCUT2D eigenvalue weighted by atomic mass is 9.86. The van der Waals surface area contributed by atoms with Crippen LogP contribution in [0, 0.1) is 5.92 Å². The molecule has 0 spiro atoms. The van der Waals surface area contributed by atoms with Gasteiger partial charge in [0.15, 0.2) is 0 Å². The second kappa shape index (κ2) is 9.34. The minimum atomic E-state index is -0.743. The van der Waals surface area contributed by atoms with Crippen molar-refractivity contribution in [1.82, 2.24) is 15.2 Å². The van der Waals surface area contributed by atoms with E-state index in [9.17, 15) is 14.4 Å². The summed E-state index contributed by atoms with van der Waals surface area (Å²) in [5.74, 6) is -0.411. The lowest BCUT2D eigenvalue weighted by Crippen LogP contribution is -2.39. The Morgan fingerprint density at radius 3 is 2.56 bits per heavy atom. The van der Waals surface area contributed by atoms with E-state index in [1.165, 1.54) is 18.5 Å². The van der Waals surface area contributed by atoms with Crippen LogP contribution in [0.3, 0.4) is 0 Å². The number of aromatic nitrogens is 1. The molecule has 2 heterocycles. The monoisotopic (exact) mass is 375 g/mol. The predicted molar refractivity (Wildman–Crippen MR) is 96.1 cm³/mol. The van der Waals surface area contributed by atoms with E-state index in [0.29, 0.717) is 12.5 Å². The van der Waals surface area contributed by atoms with E-state index in [0.717, 1.165) is 51.6 Å². The van der Waals surface area contributed by atoms with Gasteiger partial charge in [0.1, 0.15) is 0 Å². The van der Waals surface area contributed by atoms with E-state index >= 15 is 0 Å². The van der Waals surface area contributed by atoms with Crippen LogP contribution in [0.25, 0.3) is 0 Å². The van der Waals surface area contributed by atoms with E-state index in [-0.39, 0.29) is 17.7 Å². The number of carbonyl (C=O) groups excluding carboxylic acids is 3. The molecule has 2 fully saturated rings. The molecule has 3 rings (SSSR count). The van der Waals surface area contributed by atoms with Crippen molar-refractivity contribution in [2.24, 2.45) is 5.92 Å². The molecule has 0 bridgehead atoms. The summed E-state index contributed by atoms with van der Waals surface area (Å²) in [5, 5.41) is 2.73. The van der Waals surface area contributed by atoms with Gasteiger partial charge in [-0.15, -0.1) is 0 Å². The molecule has 1 N–H and O–H groups in total. The summed E-state index contributed by atoms with van der Waals surface area (Å²) < 4.78 is 10.2. The topological polar surface area (TPSA) is 97.8 Å². The number of amides is 2. The molecule has 1 aliphatic heterocycles. The summed E-state index contributed by atoms with van der Waals surface area (Å²) in [5.41, 5.74) is 0.233. The number of ether oxygens (including phenoxy) is 2. The zero-order valence-electron chi connectivity index (χ0n) is 15.3. The lowest BCUT2D eigenvalue weighted by Gasteiger charge is -2.28. The van der Waals surface area contributed by atoms with Gasteiger partial charge < -0.3 is 19.7 Å². The number of nitrogens with one attached hydrogen (secondary N) is 1. The van der Waals surface area contributed by atoms with Crippen LogP contribution in [0.15, 0.2) is 24.5 Å². The van der Waals surface area contributed by atoms with Gasteiger partial charge in [-0.25, -0.2) is 14.4 Å². The minimum Gasteiger partial charge on any atom is -0.449 e. The largest absolute Gasteiger partial charge is 0.449 e. The van der Waals surface area contributed by atoms with Gasteiger partial charge in [-0.05, 0) is 56.6 Å². The van der Waals surface area contributed by atoms with E-state index in [1.54, 1.807) is 11.0 Å². The van der Waals surface area contributed by atoms with E-state index in [2.05, 4.69) is 10.3 Å². The number of likely N-dealkylation sites (tertiary alicyclic amines) is 1. The number of hydrogen-bond acceptors (Lipinski definition) is 6. The van der Waals surface area contributed by atoms with Crippen LogP contribution < -0.4 is 5.32 Å². The maximum Gasteiger partial charge on any atom is 0.415 e. The Hall–Kier alpha value is -2.64. The van der Waals surface area contributed by atoms with Gasteiger partial charge in [0.25, 0.3) is 0 Å². The van der Waals surface area contributed by atoms with E-state index in [1.807, 2.05) is 0 Å². The molecule has 1 aliphatic carbocycles. The molecule has 0 radical (unpaired) electrons. The Balaban J connectivity index is 1.33. The van der Waals surface area contributed by atoms with Gasteiger partial charge in [-0.3, -0.25) is 4.98 Å². The summed E-state index contributed by atoms with van der Waals surface area (Å²) >= 11 is 0. The molecule has 8 nitrogen and oxygen atoms in total. The number of esters is 1. The maximum atomic E-state index is 11.9. The van der Waals surface area contributed by atoms with Gasteiger partial charge in [0.2, 0.25) is 0 Å². The smallest absolute Gasteiger partial charge is 0.415 e. The molecule has 0 unspecified atom stereocenters. The highest BCUT2D eigenvalue weighted by atomic mass is 16.6. The highest BCUT2D eigenvalue weighted by Crippen LogP contribution is 2.25. The summed E-state index contributed by atoms with van der Waals surface area (Å²) in [6.45, 7) is 2.00. The SMILES string of the molecule is O=C(NC1CCC(COC(=O)N2CCCC2)CC1)OC(=O)c1cccnc1. The quantitative estimate of drug-likeness (QED) is 0.642. The second-order valence-electron chi connectivity index (χ2n) is 7.05. The number of rotatable bonds is 4. The Morgan fingerprint density at radius 2 is 1.89 bits per heavy atom. The number of carbonyl (C=O) groups is 3. The van der Waals surface area contributed by atoms with Crippen LogP contribution in [-0.4, -0.2) is 53.8 Å². The standard InChI is InChI=1S/C19H25N3O5/c23-17(15-4-3-9-20-12-15)27-18(24)21-16-7-5-14(6-8-16)13-26-19(25)22-10-1-2-11-22/h3-4,9,12,14,16H,1-2,5-8,10-11,13H2,(H,21,24). The van der Waals surface area contributed by atoms with Crippen LogP contribution in [0.4, 0.5) is 9.59 Å². The summed E-state index contributed by atoms with van der Waals surface area (Å²) in [4.78, 5) is 41.2. The van der Waals surface area contributed by atoms with Crippen molar-refractivity contribution in [2.45, 2.75) is 44.6 Å². The fourth-order valence-corrected chi connectivity index (χ4v) is 3.48. The molecule has 146 valence electrons. The van der Waals surface area contributed by atoms with Crippen molar-refractivity contribution in [1.29, 1.82) is 0 Å². The van der Waals surface area contributed by atoms with Gasteiger partial charge >= 0.3 is 18.2 Å². The van der Waals surface area contributed by atoms with Crippen LogP contribution >= 0.6 is 0 Å². The average Bonchev–Trinajstić information content (AvgIpc) is 3.23. The lowest BCUT2D eigenvalue weighted by molar-refractivity contribution is 0.0608. The fourth-order valence-electron chi connectivity index (χ4n) is 3.48. The summed E-state index contributed by atoms with van der Waals surface area (Å²) in [6.07, 6.45) is 7.27. The molecule has 0 atom stereocenters. The molecule has 2 amide bonds. The normalized spacial score (nSPS) is 22.1. The first-order valence-corrected chi connectivity index (χ1v) is 9.46. The van der Waals surface area contributed by atoms with Crippen molar-refractivity contribution >= 4 is 18.2 Å². The predicted octanol–water partition coefficient (Wildman–Crippen LogP) is 2.74. The second-order valence-corrected chi connectivity index (χ2v) is 7.05. The maximum absolute atomic E-state index is 11.9. The van der Waals surface area contributed by atoms with Gasteiger partial charge in [-0.1, -0.05) is 0 Å². The summed E-state index contributed by atoms with van der Waals surface area (Å²) in [7, 11) is 0. The third kappa shape index (κ3) is 5.67. The highest BCUT2D eigenvalue weighted by Gasteiger charge is 2.26. The van der Waals surface area contributed by atoms with Gasteiger partial charge in [0, 0.05) is 31.5 Å². The molecular weight excluding hydrogens is 350 g/mol.